The Kier molecular flexibility index (Phi) is 10.2. The molecule has 0 unspecified atom stereocenters. The van der Waals surface area contributed by atoms with Gasteiger partial charge >= 0.3 is 5.97 Å². The summed E-state index contributed by atoms with van der Waals surface area (Å²) < 4.78 is 21.1. The molecular weight excluding hydrogens is 708 g/mol. The third-order valence-electron chi connectivity index (χ3n) is 7.15. The summed E-state index contributed by atoms with van der Waals surface area (Å²) in [5.41, 5.74) is 4.30. The van der Waals surface area contributed by atoms with Crippen LogP contribution in [-0.4, -0.2) is 24.3 Å². The molecule has 0 N–H and O–H groups in total. The maximum atomic E-state index is 14.3. The number of esters is 1. The Hall–Kier alpha value is -3.47. The average Bonchev–Trinajstić information content (AvgIpc) is 3.31. The van der Waals surface area contributed by atoms with Gasteiger partial charge in [0.25, 0.3) is 5.56 Å². The summed E-state index contributed by atoms with van der Waals surface area (Å²) in [5, 5.41) is 0. The zero-order valence-electron chi connectivity index (χ0n) is 24.9. The van der Waals surface area contributed by atoms with Crippen LogP contribution >= 0.6 is 43.2 Å². The van der Waals surface area contributed by atoms with Crippen molar-refractivity contribution >= 4 is 55.2 Å². The van der Waals surface area contributed by atoms with Gasteiger partial charge < -0.3 is 14.2 Å². The number of aromatic nitrogens is 1. The Balaban J connectivity index is 1.69. The smallest absolute Gasteiger partial charge is 0.338 e. The van der Waals surface area contributed by atoms with E-state index >= 15 is 0 Å². The van der Waals surface area contributed by atoms with Crippen molar-refractivity contribution in [3.05, 3.63) is 123 Å². The topological polar surface area (TPSA) is 79.1 Å². The number of ether oxygens (including phenoxy) is 3. The maximum absolute atomic E-state index is 14.3. The molecule has 0 aliphatic carbocycles. The Morgan fingerprint density at radius 1 is 1.02 bits per heavy atom. The van der Waals surface area contributed by atoms with E-state index < -0.39 is 12.0 Å². The summed E-state index contributed by atoms with van der Waals surface area (Å²) in [4.78, 5) is 33.2. The van der Waals surface area contributed by atoms with Crippen LogP contribution in [0.3, 0.4) is 0 Å². The third-order valence-corrected chi connectivity index (χ3v) is 9.12. The van der Waals surface area contributed by atoms with Gasteiger partial charge in [0, 0.05) is 20.1 Å². The van der Waals surface area contributed by atoms with Crippen LogP contribution in [-0.2, 0) is 16.1 Å². The molecule has 0 amide bonds. The van der Waals surface area contributed by atoms with Gasteiger partial charge in [0.2, 0.25) is 0 Å². The first-order chi connectivity index (χ1) is 21.2. The standard InChI is InChI=1S/C34H32Br2N2O5S/c1-5-7-26-30(33(40)42-6-2)31(25-18-24(36)13-15-28(25)41-4)38-32(39)29(44-34(38)37-26)17-22-16-23(35)12-14-27(22)43-19-21-10-8-20(3)9-11-21/h8-18,31H,5-7,19H2,1-4H3/b29-17+/t31-/m1/s1. The number of methoxy groups -OCH3 is 1. The van der Waals surface area contributed by atoms with Crippen molar-refractivity contribution in [2.24, 2.45) is 4.99 Å². The third kappa shape index (κ3) is 6.77. The largest absolute Gasteiger partial charge is 0.496 e. The summed E-state index contributed by atoms with van der Waals surface area (Å²) in [6, 6.07) is 18.7. The molecule has 0 saturated heterocycles. The van der Waals surface area contributed by atoms with E-state index in [1.807, 2.05) is 68.5 Å². The molecule has 1 aromatic heterocycles. The van der Waals surface area contributed by atoms with E-state index in [2.05, 4.69) is 44.0 Å². The van der Waals surface area contributed by atoms with Crippen LogP contribution in [0.2, 0.25) is 0 Å². The van der Waals surface area contributed by atoms with E-state index in [0.29, 0.717) is 50.7 Å². The van der Waals surface area contributed by atoms with Crippen LogP contribution in [0.1, 0.15) is 55.0 Å². The molecule has 0 bridgehead atoms. The highest BCUT2D eigenvalue weighted by Gasteiger charge is 2.36. The second-order valence-electron chi connectivity index (χ2n) is 10.3. The molecular formula is C34H32Br2N2O5S. The number of aryl methyl sites for hydroxylation is 1. The lowest BCUT2D eigenvalue weighted by Gasteiger charge is -2.27. The summed E-state index contributed by atoms with van der Waals surface area (Å²) in [6.45, 7) is 6.42. The van der Waals surface area contributed by atoms with Gasteiger partial charge in [0.05, 0.1) is 29.5 Å². The van der Waals surface area contributed by atoms with Crippen LogP contribution in [0.4, 0.5) is 0 Å². The summed E-state index contributed by atoms with van der Waals surface area (Å²) in [5.74, 6) is 0.689. The molecule has 5 rings (SSSR count). The molecule has 1 aliphatic rings. The number of benzene rings is 3. The van der Waals surface area contributed by atoms with Gasteiger partial charge in [0.1, 0.15) is 24.1 Å². The second kappa shape index (κ2) is 14.1. The Morgan fingerprint density at radius 3 is 2.41 bits per heavy atom. The van der Waals surface area contributed by atoms with Crippen LogP contribution < -0.4 is 24.4 Å². The molecule has 3 aromatic carbocycles. The Bertz CT molecular complexity index is 1910. The van der Waals surface area contributed by atoms with Crippen molar-refractivity contribution in [2.45, 2.75) is 46.3 Å². The van der Waals surface area contributed by atoms with Gasteiger partial charge in [-0.05, 0) is 68.3 Å². The number of allylic oxidation sites excluding steroid dienone is 1. The minimum Gasteiger partial charge on any atom is -0.496 e. The first-order valence-corrected chi connectivity index (χ1v) is 16.7. The fourth-order valence-corrected chi connectivity index (χ4v) is 6.85. The maximum Gasteiger partial charge on any atom is 0.338 e. The van der Waals surface area contributed by atoms with Gasteiger partial charge in [-0.3, -0.25) is 9.36 Å². The zero-order valence-corrected chi connectivity index (χ0v) is 28.8. The normalized spacial score (nSPS) is 14.7. The van der Waals surface area contributed by atoms with E-state index in [0.717, 1.165) is 26.5 Å². The number of fused-ring (bicyclic) bond motifs is 1. The first kappa shape index (κ1) is 31.9. The van der Waals surface area contributed by atoms with E-state index in [-0.39, 0.29) is 12.2 Å². The number of hydrogen-bond donors (Lipinski definition) is 0. The number of hydrogen-bond acceptors (Lipinski definition) is 7. The van der Waals surface area contributed by atoms with E-state index in [1.165, 1.54) is 16.9 Å². The van der Waals surface area contributed by atoms with Gasteiger partial charge in [-0.2, -0.15) is 0 Å². The van der Waals surface area contributed by atoms with Crippen LogP contribution in [0.5, 0.6) is 11.5 Å². The zero-order chi connectivity index (χ0) is 31.4. The lowest BCUT2D eigenvalue weighted by Crippen LogP contribution is -2.40. The summed E-state index contributed by atoms with van der Waals surface area (Å²) in [6.07, 6.45) is 3.13. The lowest BCUT2D eigenvalue weighted by atomic mass is 9.93. The van der Waals surface area contributed by atoms with Crippen molar-refractivity contribution in [3.63, 3.8) is 0 Å². The van der Waals surface area contributed by atoms with Crippen molar-refractivity contribution in [3.8, 4) is 11.5 Å². The van der Waals surface area contributed by atoms with Crippen LogP contribution in [0.25, 0.3) is 6.08 Å². The van der Waals surface area contributed by atoms with Gasteiger partial charge in [-0.15, -0.1) is 0 Å². The molecule has 0 saturated carbocycles. The van der Waals surface area contributed by atoms with Crippen molar-refractivity contribution in [2.75, 3.05) is 13.7 Å². The molecule has 7 nitrogen and oxygen atoms in total. The number of nitrogens with zero attached hydrogens (tertiary/aromatic N) is 2. The molecule has 1 aliphatic heterocycles. The van der Waals surface area contributed by atoms with E-state index in [1.54, 1.807) is 18.6 Å². The highest BCUT2D eigenvalue weighted by Crippen LogP contribution is 2.38. The number of rotatable bonds is 10. The first-order valence-electron chi connectivity index (χ1n) is 14.3. The predicted octanol–water partition coefficient (Wildman–Crippen LogP) is 7.00. The Morgan fingerprint density at radius 2 is 1.73 bits per heavy atom. The van der Waals surface area contributed by atoms with Crippen molar-refractivity contribution in [1.29, 1.82) is 0 Å². The molecule has 4 aromatic rings. The van der Waals surface area contributed by atoms with Gasteiger partial charge in [0.15, 0.2) is 4.80 Å². The molecule has 228 valence electrons. The van der Waals surface area contributed by atoms with E-state index in [9.17, 15) is 9.59 Å². The number of carbonyl (C=O) groups is 1. The fraction of sp³-hybridized carbons (Fsp3) is 0.265. The number of halogens is 2. The molecule has 2 heterocycles. The molecule has 1 atom stereocenters. The SMILES string of the molecule is CCCC1=C(C(=O)OCC)[C@@H](c2cc(Br)ccc2OC)n2c(s/c(=C/c3cc(Br)ccc3OCc3ccc(C)cc3)c2=O)=N1. The molecule has 0 fully saturated rings. The minimum atomic E-state index is -0.791. The van der Waals surface area contributed by atoms with Crippen molar-refractivity contribution < 1.29 is 19.0 Å². The highest BCUT2D eigenvalue weighted by molar-refractivity contribution is 9.10. The summed E-state index contributed by atoms with van der Waals surface area (Å²) in [7, 11) is 1.57. The average molecular weight is 741 g/mol. The molecule has 0 radical (unpaired) electrons. The van der Waals surface area contributed by atoms with E-state index in [4.69, 9.17) is 19.2 Å². The number of thiazole rings is 1. The summed E-state index contributed by atoms with van der Waals surface area (Å²) >= 11 is 8.41. The van der Waals surface area contributed by atoms with Crippen molar-refractivity contribution in [1.82, 2.24) is 4.57 Å². The quantitative estimate of drug-likeness (QED) is 0.164. The molecule has 0 spiro atoms. The Labute approximate surface area is 276 Å². The van der Waals surface area contributed by atoms with Gasteiger partial charge in [-0.1, -0.05) is 86.4 Å². The van der Waals surface area contributed by atoms with Crippen LogP contribution in [0, 0.1) is 6.92 Å². The predicted molar refractivity (Wildman–Crippen MR) is 180 cm³/mol. The second-order valence-corrected chi connectivity index (χ2v) is 13.1. The number of carbonyl (C=O) groups excluding carboxylic acids is 1. The molecule has 10 heteroatoms. The highest BCUT2D eigenvalue weighted by atomic mass is 79.9. The minimum absolute atomic E-state index is 0.197. The monoisotopic (exact) mass is 738 g/mol. The molecule has 44 heavy (non-hydrogen) atoms. The van der Waals surface area contributed by atoms with Gasteiger partial charge in [-0.25, -0.2) is 9.79 Å². The lowest BCUT2D eigenvalue weighted by molar-refractivity contribution is -0.139. The fourth-order valence-electron chi connectivity index (χ4n) is 5.08. The van der Waals surface area contributed by atoms with Crippen LogP contribution in [0.15, 0.2) is 90.7 Å².